The minimum Gasteiger partial charge on any atom is -0.497 e. The topological polar surface area (TPSA) is 69.0 Å². The number of aromatic nitrogens is 3. The van der Waals surface area contributed by atoms with E-state index in [2.05, 4.69) is 22.4 Å². The summed E-state index contributed by atoms with van der Waals surface area (Å²) >= 11 is 1.69. The fourth-order valence-electron chi connectivity index (χ4n) is 2.07. The zero-order valence-corrected chi connectivity index (χ0v) is 14.5. The first-order chi connectivity index (χ1) is 11.2. The summed E-state index contributed by atoms with van der Waals surface area (Å²) in [6, 6.07) is 7.01. The Labute approximate surface area is 140 Å². The molecule has 0 radical (unpaired) electrons. The second-order valence-electron chi connectivity index (χ2n) is 4.90. The lowest BCUT2D eigenvalue weighted by Crippen LogP contribution is -2.24. The maximum absolute atomic E-state index is 12.2. The van der Waals surface area contributed by atoms with Gasteiger partial charge in [-0.25, -0.2) is 0 Å². The second-order valence-corrected chi connectivity index (χ2v) is 5.96. The lowest BCUT2D eigenvalue weighted by Gasteiger charge is -2.08. The number of hydrogen-bond donors (Lipinski definition) is 1. The van der Waals surface area contributed by atoms with E-state index < -0.39 is 0 Å². The summed E-state index contributed by atoms with van der Waals surface area (Å²) in [6.45, 7) is 5.33. The van der Waals surface area contributed by atoms with Crippen molar-refractivity contribution in [2.75, 3.05) is 12.9 Å². The van der Waals surface area contributed by atoms with Crippen LogP contribution in [0.5, 0.6) is 5.75 Å². The van der Waals surface area contributed by atoms with Gasteiger partial charge in [-0.3, -0.25) is 4.79 Å². The number of carbonyl (C=O) groups excluding carboxylic acids is 1. The Morgan fingerprint density at radius 2 is 2.00 bits per heavy atom. The van der Waals surface area contributed by atoms with Gasteiger partial charge in [-0.15, -0.1) is 10.2 Å². The molecule has 1 amide bonds. The molecular formula is C16H22N4O2S. The van der Waals surface area contributed by atoms with Gasteiger partial charge in [-0.2, -0.15) is 0 Å². The van der Waals surface area contributed by atoms with E-state index in [1.807, 2.05) is 11.5 Å². The van der Waals surface area contributed by atoms with Crippen LogP contribution in [0.1, 0.15) is 36.5 Å². The van der Waals surface area contributed by atoms with Crippen molar-refractivity contribution in [1.82, 2.24) is 20.1 Å². The summed E-state index contributed by atoms with van der Waals surface area (Å²) in [5.74, 6) is 2.37. The molecule has 0 fully saturated rings. The number of amides is 1. The van der Waals surface area contributed by atoms with E-state index in [4.69, 9.17) is 4.74 Å². The molecule has 1 heterocycles. The molecule has 0 aliphatic rings. The highest BCUT2D eigenvalue weighted by molar-refractivity contribution is 7.99. The van der Waals surface area contributed by atoms with Crippen LogP contribution in [0.3, 0.4) is 0 Å². The first kappa shape index (κ1) is 17.3. The molecule has 0 unspecified atom stereocenters. The van der Waals surface area contributed by atoms with Crippen molar-refractivity contribution in [3.63, 3.8) is 0 Å². The van der Waals surface area contributed by atoms with Crippen LogP contribution in [-0.4, -0.2) is 33.5 Å². The van der Waals surface area contributed by atoms with Gasteiger partial charge in [0.1, 0.15) is 5.75 Å². The van der Waals surface area contributed by atoms with E-state index in [0.717, 1.165) is 35.4 Å². The number of carbonyl (C=O) groups is 1. The van der Waals surface area contributed by atoms with Gasteiger partial charge in [0, 0.05) is 17.9 Å². The van der Waals surface area contributed by atoms with Crippen molar-refractivity contribution in [3.05, 3.63) is 35.7 Å². The average Bonchev–Trinajstić information content (AvgIpc) is 2.99. The molecule has 1 aromatic carbocycles. The standard InChI is InChI=1S/C16H22N4O2S/c1-4-10-23-16-19-18-14(20(16)5-2)11-17-15(21)12-6-8-13(22-3)9-7-12/h6-9H,4-5,10-11H2,1-3H3,(H,17,21). The van der Waals surface area contributed by atoms with Gasteiger partial charge in [0.05, 0.1) is 13.7 Å². The molecule has 1 aromatic heterocycles. The number of ether oxygens (including phenoxy) is 1. The van der Waals surface area contributed by atoms with Crippen LogP contribution in [0, 0.1) is 0 Å². The van der Waals surface area contributed by atoms with Crippen LogP contribution in [0.25, 0.3) is 0 Å². The minimum absolute atomic E-state index is 0.138. The van der Waals surface area contributed by atoms with Crippen molar-refractivity contribution in [1.29, 1.82) is 0 Å². The Hall–Kier alpha value is -2.02. The average molecular weight is 334 g/mol. The molecule has 0 saturated heterocycles. The normalized spacial score (nSPS) is 10.6. The smallest absolute Gasteiger partial charge is 0.251 e. The summed E-state index contributed by atoms with van der Waals surface area (Å²) in [5.41, 5.74) is 0.592. The Bertz CT molecular complexity index is 640. The predicted molar refractivity (Wildman–Crippen MR) is 90.9 cm³/mol. The number of rotatable bonds is 8. The monoisotopic (exact) mass is 334 g/mol. The Morgan fingerprint density at radius 3 is 2.61 bits per heavy atom. The number of methoxy groups -OCH3 is 1. The maximum Gasteiger partial charge on any atom is 0.251 e. The fraction of sp³-hybridized carbons (Fsp3) is 0.438. The molecule has 0 atom stereocenters. The highest BCUT2D eigenvalue weighted by Crippen LogP contribution is 2.18. The molecule has 7 heteroatoms. The zero-order chi connectivity index (χ0) is 16.7. The largest absolute Gasteiger partial charge is 0.497 e. The Morgan fingerprint density at radius 1 is 1.26 bits per heavy atom. The summed E-state index contributed by atoms with van der Waals surface area (Å²) in [7, 11) is 1.60. The molecule has 1 N–H and O–H groups in total. The van der Waals surface area contributed by atoms with Crippen molar-refractivity contribution in [2.24, 2.45) is 0 Å². The number of benzene rings is 1. The van der Waals surface area contributed by atoms with Crippen molar-refractivity contribution in [2.45, 2.75) is 38.5 Å². The lowest BCUT2D eigenvalue weighted by atomic mass is 10.2. The highest BCUT2D eigenvalue weighted by atomic mass is 32.2. The van der Waals surface area contributed by atoms with Crippen LogP contribution in [-0.2, 0) is 13.1 Å². The second kappa shape index (κ2) is 8.57. The lowest BCUT2D eigenvalue weighted by molar-refractivity contribution is 0.0949. The minimum atomic E-state index is -0.138. The quantitative estimate of drug-likeness (QED) is 0.752. The third kappa shape index (κ3) is 4.48. The van der Waals surface area contributed by atoms with E-state index in [-0.39, 0.29) is 5.91 Å². The van der Waals surface area contributed by atoms with Crippen molar-refractivity contribution >= 4 is 17.7 Å². The third-order valence-electron chi connectivity index (χ3n) is 3.30. The molecule has 23 heavy (non-hydrogen) atoms. The Balaban J connectivity index is 1.99. The molecule has 0 saturated carbocycles. The molecular weight excluding hydrogens is 312 g/mol. The summed E-state index contributed by atoms with van der Waals surface area (Å²) < 4.78 is 7.12. The van der Waals surface area contributed by atoms with Gasteiger partial charge in [-0.05, 0) is 37.6 Å². The van der Waals surface area contributed by atoms with Gasteiger partial charge in [-0.1, -0.05) is 18.7 Å². The number of nitrogens with zero attached hydrogens (tertiary/aromatic N) is 3. The SMILES string of the molecule is CCCSc1nnc(CNC(=O)c2ccc(OC)cc2)n1CC. The number of thioether (sulfide) groups is 1. The molecule has 124 valence electrons. The molecule has 0 aliphatic heterocycles. The molecule has 0 bridgehead atoms. The van der Waals surface area contributed by atoms with E-state index in [9.17, 15) is 4.79 Å². The van der Waals surface area contributed by atoms with Crippen LogP contribution in [0.2, 0.25) is 0 Å². The first-order valence-corrected chi connectivity index (χ1v) is 8.65. The number of nitrogens with one attached hydrogen (secondary N) is 1. The molecule has 2 rings (SSSR count). The van der Waals surface area contributed by atoms with Crippen molar-refractivity contribution < 1.29 is 9.53 Å². The van der Waals surface area contributed by atoms with E-state index in [1.54, 1.807) is 43.1 Å². The molecule has 2 aromatic rings. The Kier molecular flexibility index (Phi) is 6.46. The van der Waals surface area contributed by atoms with Gasteiger partial charge < -0.3 is 14.6 Å². The maximum atomic E-state index is 12.2. The summed E-state index contributed by atoms with van der Waals surface area (Å²) in [4.78, 5) is 12.2. The summed E-state index contributed by atoms with van der Waals surface area (Å²) in [5, 5.41) is 12.2. The third-order valence-corrected chi connectivity index (χ3v) is 4.48. The van der Waals surface area contributed by atoms with Crippen LogP contribution >= 0.6 is 11.8 Å². The van der Waals surface area contributed by atoms with E-state index >= 15 is 0 Å². The van der Waals surface area contributed by atoms with E-state index in [0.29, 0.717) is 12.1 Å². The fourth-order valence-corrected chi connectivity index (χ4v) is 2.95. The predicted octanol–water partition coefficient (Wildman–Crippen LogP) is 2.74. The first-order valence-electron chi connectivity index (χ1n) is 7.66. The van der Waals surface area contributed by atoms with Gasteiger partial charge in [0.15, 0.2) is 11.0 Å². The van der Waals surface area contributed by atoms with Crippen LogP contribution in [0.15, 0.2) is 29.4 Å². The molecule has 0 aliphatic carbocycles. The van der Waals surface area contributed by atoms with Crippen LogP contribution in [0.4, 0.5) is 0 Å². The number of hydrogen-bond acceptors (Lipinski definition) is 5. The molecule has 6 nitrogen and oxygen atoms in total. The molecule has 0 spiro atoms. The van der Waals surface area contributed by atoms with E-state index in [1.165, 1.54) is 0 Å². The van der Waals surface area contributed by atoms with Gasteiger partial charge in [0.25, 0.3) is 5.91 Å². The van der Waals surface area contributed by atoms with Crippen molar-refractivity contribution in [3.8, 4) is 5.75 Å². The van der Waals surface area contributed by atoms with Gasteiger partial charge in [0.2, 0.25) is 0 Å². The highest BCUT2D eigenvalue weighted by Gasteiger charge is 2.12. The van der Waals surface area contributed by atoms with Crippen LogP contribution < -0.4 is 10.1 Å². The summed E-state index contributed by atoms with van der Waals surface area (Å²) in [6.07, 6.45) is 1.09. The zero-order valence-electron chi connectivity index (χ0n) is 13.7. The van der Waals surface area contributed by atoms with Gasteiger partial charge >= 0.3 is 0 Å².